The summed E-state index contributed by atoms with van der Waals surface area (Å²) in [6.07, 6.45) is 2.67. The van der Waals surface area contributed by atoms with E-state index in [1.165, 1.54) is 17.4 Å². The van der Waals surface area contributed by atoms with Gasteiger partial charge in [-0.15, -0.1) is 5.10 Å². The Labute approximate surface area is 104 Å². The molecule has 0 aliphatic carbocycles. The van der Waals surface area contributed by atoms with Gasteiger partial charge in [0.25, 0.3) is 0 Å². The zero-order chi connectivity index (χ0) is 12.8. The van der Waals surface area contributed by atoms with Crippen LogP contribution in [0.3, 0.4) is 0 Å². The quantitative estimate of drug-likeness (QED) is 0.849. The van der Waals surface area contributed by atoms with Gasteiger partial charge in [0.15, 0.2) is 5.82 Å². The summed E-state index contributed by atoms with van der Waals surface area (Å²) in [4.78, 5) is 14.5. The molecule has 1 aromatic carbocycles. The lowest BCUT2D eigenvalue weighted by molar-refractivity contribution is 0.0572. The lowest BCUT2D eigenvalue weighted by atomic mass is 10.2. The van der Waals surface area contributed by atoms with E-state index in [9.17, 15) is 0 Å². The molecule has 0 radical (unpaired) electrons. The number of benzene rings is 1. The normalized spacial score (nSPS) is 11.2. The fraction of sp³-hybridized carbons (Fsp3) is 0.0833. The zero-order valence-electron chi connectivity index (χ0n) is 9.73. The molecule has 0 atom stereocenters. The number of nitrogens with two attached hydrogens (primary N) is 1. The summed E-state index contributed by atoms with van der Waals surface area (Å²) in [5.41, 5.74) is 7.03. The molecule has 0 unspecified atom stereocenters. The van der Waals surface area contributed by atoms with Crippen LogP contribution < -0.4 is 16.1 Å². The van der Waals surface area contributed by atoms with Gasteiger partial charge in [-0.05, 0) is 5.56 Å². The first-order valence-corrected chi connectivity index (χ1v) is 5.33. The Hall–Kier alpha value is -2.63. The fourth-order valence-corrected chi connectivity index (χ4v) is 1.35. The molecular weight excluding hydrogens is 230 g/mol. The molecule has 92 valence electrons. The zero-order valence-corrected chi connectivity index (χ0v) is 9.73. The van der Waals surface area contributed by atoms with Gasteiger partial charge in [0.05, 0.1) is 0 Å². The monoisotopic (exact) mass is 243 g/mol. The third kappa shape index (κ3) is 2.73. The van der Waals surface area contributed by atoms with E-state index >= 15 is 0 Å². The van der Waals surface area contributed by atoms with Gasteiger partial charge in [-0.2, -0.15) is 0 Å². The number of aromatic nitrogens is 3. The Bertz CT molecular complexity index is 591. The minimum atomic E-state index is 0.234. The van der Waals surface area contributed by atoms with Crippen LogP contribution in [0.2, 0.25) is 0 Å². The molecule has 0 aliphatic rings. The van der Waals surface area contributed by atoms with Crippen LogP contribution in [0, 0.1) is 0 Å². The van der Waals surface area contributed by atoms with E-state index in [-0.39, 0.29) is 5.82 Å². The molecule has 18 heavy (non-hydrogen) atoms. The van der Waals surface area contributed by atoms with Crippen molar-refractivity contribution in [2.24, 2.45) is 4.99 Å². The van der Waals surface area contributed by atoms with Crippen molar-refractivity contribution in [2.45, 2.75) is 6.61 Å². The highest BCUT2D eigenvalue weighted by Crippen LogP contribution is 1.97. The summed E-state index contributed by atoms with van der Waals surface area (Å²) < 4.78 is 0. The molecule has 0 saturated heterocycles. The Morgan fingerprint density at radius 3 is 2.89 bits per heavy atom. The highest BCUT2D eigenvalue weighted by atomic mass is 16.7. The molecule has 0 spiro atoms. The van der Waals surface area contributed by atoms with Crippen LogP contribution in [0.15, 0.2) is 54.4 Å². The first kappa shape index (κ1) is 11.8. The van der Waals surface area contributed by atoms with Crippen molar-refractivity contribution in [3.8, 4) is 0 Å². The first-order valence-electron chi connectivity index (χ1n) is 5.33. The maximum absolute atomic E-state index is 5.68. The van der Waals surface area contributed by atoms with Crippen molar-refractivity contribution in [3.63, 3.8) is 0 Å². The molecule has 6 heteroatoms. The van der Waals surface area contributed by atoms with Crippen molar-refractivity contribution in [2.75, 3.05) is 5.73 Å². The molecule has 0 bridgehead atoms. The fourth-order valence-electron chi connectivity index (χ4n) is 1.35. The topological polar surface area (TPSA) is 78.3 Å². The average Bonchev–Trinajstić information content (AvgIpc) is 2.41. The van der Waals surface area contributed by atoms with Crippen molar-refractivity contribution in [1.29, 1.82) is 0 Å². The van der Waals surface area contributed by atoms with Crippen molar-refractivity contribution in [1.82, 2.24) is 14.9 Å². The maximum Gasteiger partial charge on any atom is 0.232 e. The minimum Gasteiger partial charge on any atom is -0.390 e. The second-order valence-corrected chi connectivity index (χ2v) is 3.41. The summed E-state index contributed by atoms with van der Waals surface area (Å²) in [6.45, 7) is 3.87. The van der Waals surface area contributed by atoms with Gasteiger partial charge < -0.3 is 10.6 Å². The van der Waals surface area contributed by atoms with Gasteiger partial charge in [0, 0.05) is 6.20 Å². The van der Waals surface area contributed by atoms with Gasteiger partial charge in [0.2, 0.25) is 5.49 Å². The van der Waals surface area contributed by atoms with E-state index < -0.39 is 0 Å². The molecular formula is C12H13N5O. The highest BCUT2D eigenvalue weighted by Gasteiger charge is 2.01. The van der Waals surface area contributed by atoms with Crippen LogP contribution in [0.25, 0.3) is 0 Å². The Balaban J connectivity index is 2.22. The molecule has 0 amide bonds. The molecule has 6 nitrogen and oxygen atoms in total. The SMILES string of the molecule is C=C/N=c1/c(N)ncnn1OCc1ccccc1. The van der Waals surface area contributed by atoms with Gasteiger partial charge in [-0.3, -0.25) is 0 Å². The summed E-state index contributed by atoms with van der Waals surface area (Å²) in [7, 11) is 0. The van der Waals surface area contributed by atoms with Crippen molar-refractivity contribution < 1.29 is 4.84 Å². The van der Waals surface area contributed by atoms with Gasteiger partial charge >= 0.3 is 0 Å². The van der Waals surface area contributed by atoms with Crippen LogP contribution in [-0.4, -0.2) is 14.9 Å². The predicted molar refractivity (Wildman–Crippen MR) is 66.9 cm³/mol. The number of nitrogen functional groups attached to an aromatic ring is 1. The third-order valence-electron chi connectivity index (χ3n) is 2.17. The minimum absolute atomic E-state index is 0.234. The van der Waals surface area contributed by atoms with Gasteiger partial charge in [0.1, 0.15) is 12.9 Å². The average molecular weight is 243 g/mol. The summed E-state index contributed by atoms with van der Waals surface area (Å²) in [5.74, 6) is 0.234. The number of nitrogens with zero attached hydrogens (tertiary/aromatic N) is 4. The summed E-state index contributed by atoms with van der Waals surface area (Å²) in [5, 5.41) is 3.94. The van der Waals surface area contributed by atoms with Gasteiger partial charge in [-0.1, -0.05) is 41.8 Å². The molecule has 0 fully saturated rings. The molecule has 2 aromatic rings. The second kappa shape index (κ2) is 5.62. The number of hydrogen-bond donors (Lipinski definition) is 1. The summed E-state index contributed by atoms with van der Waals surface area (Å²) >= 11 is 0. The number of rotatable bonds is 4. The second-order valence-electron chi connectivity index (χ2n) is 3.41. The van der Waals surface area contributed by atoms with Crippen LogP contribution in [0.5, 0.6) is 0 Å². The van der Waals surface area contributed by atoms with Crippen molar-refractivity contribution in [3.05, 3.63) is 60.5 Å². The standard InChI is InChI=1S/C12H13N5O/c1-2-14-12-11(13)15-9-16-17(12)18-8-10-6-4-3-5-7-10/h2-7,9H,1,8H2,(H2,13,15,16)/b14-12-. The van der Waals surface area contributed by atoms with E-state index in [0.717, 1.165) is 5.56 Å². The van der Waals surface area contributed by atoms with Crippen LogP contribution in [-0.2, 0) is 6.61 Å². The van der Waals surface area contributed by atoms with Crippen molar-refractivity contribution >= 4 is 5.82 Å². The number of hydrogen-bond acceptors (Lipinski definition) is 5. The molecule has 1 aromatic heterocycles. The molecule has 1 heterocycles. The predicted octanol–water partition coefficient (Wildman–Crippen LogP) is 0.533. The molecule has 2 N–H and O–H groups in total. The van der Waals surface area contributed by atoms with E-state index in [2.05, 4.69) is 21.7 Å². The lowest BCUT2D eigenvalue weighted by Crippen LogP contribution is -2.32. The smallest absolute Gasteiger partial charge is 0.232 e. The Morgan fingerprint density at radius 2 is 2.17 bits per heavy atom. The maximum atomic E-state index is 5.68. The van der Waals surface area contributed by atoms with E-state index in [4.69, 9.17) is 10.6 Å². The molecule has 0 saturated carbocycles. The molecule has 0 aliphatic heterocycles. The highest BCUT2D eigenvalue weighted by molar-refractivity contribution is 5.20. The largest absolute Gasteiger partial charge is 0.390 e. The third-order valence-corrected chi connectivity index (χ3v) is 2.17. The first-order chi connectivity index (χ1) is 8.81. The Kier molecular flexibility index (Phi) is 3.70. The van der Waals surface area contributed by atoms with Gasteiger partial charge in [-0.25, -0.2) is 9.98 Å². The Morgan fingerprint density at radius 1 is 1.39 bits per heavy atom. The number of anilines is 1. The molecule has 2 rings (SSSR count). The van der Waals surface area contributed by atoms with E-state index in [0.29, 0.717) is 12.1 Å². The van der Waals surface area contributed by atoms with Crippen LogP contribution in [0.1, 0.15) is 5.56 Å². The summed E-state index contributed by atoms with van der Waals surface area (Å²) in [6, 6.07) is 9.72. The van der Waals surface area contributed by atoms with Crippen LogP contribution in [0.4, 0.5) is 5.82 Å². The lowest BCUT2D eigenvalue weighted by Gasteiger charge is -2.08. The van der Waals surface area contributed by atoms with E-state index in [1.807, 2.05) is 30.3 Å². The van der Waals surface area contributed by atoms with Crippen LogP contribution >= 0.6 is 0 Å². The van der Waals surface area contributed by atoms with E-state index in [1.54, 1.807) is 0 Å².